The number of aliphatic hydroxyl groups excluding tert-OH is 1. The van der Waals surface area contributed by atoms with Crippen molar-refractivity contribution in [3.8, 4) is 5.75 Å². The molecule has 1 atom stereocenters. The van der Waals surface area contributed by atoms with Gasteiger partial charge in [0.1, 0.15) is 12.4 Å². The van der Waals surface area contributed by atoms with Crippen LogP contribution in [0.3, 0.4) is 0 Å². The van der Waals surface area contributed by atoms with Crippen LogP contribution in [0.1, 0.15) is 0 Å². The van der Waals surface area contributed by atoms with Gasteiger partial charge < -0.3 is 25.2 Å². The number of likely N-dealkylation sites (N-methyl/N-ethyl adjacent to an activating group) is 1. The fourth-order valence-corrected chi connectivity index (χ4v) is 1.58. The molecule has 0 bridgehead atoms. The maximum absolute atomic E-state index is 9.55. The highest BCUT2D eigenvalue weighted by atomic mass is 16.5. The standard InChI is InChI=1S/C13H22N2O3/c1-15(9-12(16)10-17-2)7-8-18-13-5-3-11(14)4-6-13/h3-6,12,16H,7-10,14H2,1-2H3. The van der Waals surface area contributed by atoms with Crippen molar-refractivity contribution in [2.75, 3.05) is 46.2 Å². The smallest absolute Gasteiger partial charge is 0.119 e. The predicted octanol–water partition coefficient (Wildman–Crippen LogP) is 0.587. The van der Waals surface area contributed by atoms with Crippen LogP contribution in [-0.4, -0.2) is 56.6 Å². The van der Waals surface area contributed by atoms with Crippen LogP contribution in [-0.2, 0) is 4.74 Å². The molecule has 1 aromatic carbocycles. The summed E-state index contributed by atoms with van der Waals surface area (Å²) in [7, 11) is 3.51. The summed E-state index contributed by atoms with van der Waals surface area (Å²) in [5.41, 5.74) is 6.31. The first-order valence-electron chi connectivity index (χ1n) is 5.95. The second-order valence-electron chi connectivity index (χ2n) is 4.29. The van der Waals surface area contributed by atoms with Gasteiger partial charge in [-0.1, -0.05) is 0 Å². The zero-order chi connectivity index (χ0) is 13.4. The van der Waals surface area contributed by atoms with Gasteiger partial charge in [0.15, 0.2) is 0 Å². The molecular formula is C13H22N2O3. The normalized spacial score (nSPS) is 12.7. The molecule has 0 aliphatic heterocycles. The Hall–Kier alpha value is -1.30. The third-order valence-corrected chi connectivity index (χ3v) is 2.50. The van der Waals surface area contributed by atoms with Crippen LogP contribution in [0, 0.1) is 0 Å². The molecule has 0 saturated carbocycles. The molecule has 3 N–H and O–H groups in total. The predicted molar refractivity (Wildman–Crippen MR) is 71.7 cm³/mol. The molecule has 0 aromatic heterocycles. The summed E-state index contributed by atoms with van der Waals surface area (Å²) in [5, 5.41) is 9.55. The Kier molecular flexibility index (Phi) is 6.49. The molecule has 0 amide bonds. The molecule has 5 nitrogen and oxygen atoms in total. The molecule has 0 spiro atoms. The van der Waals surface area contributed by atoms with Crippen molar-refractivity contribution in [1.82, 2.24) is 4.90 Å². The van der Waals surface area contributed by atoms with Gasteiger partial charge in [-0.3, -0.25) is 0 Å². The van der Waals surface area contributed by atoms with Crippen LogP contribution in [0.4, 0.5) is 5.69 Å². The molecule has 18 heavy (non-hydrogen) atoms. The van der Waals surface area contributed by atoms with E-state index in [-0.39, 0.29) is 0 Å². The average molecular weight is 254 g/mol. The van der Waals surface area contributed by atoms with Gasteiger partial charge in [0, 0.05) is 25.9 Å². The van der Waals surface area contributed by atoms with Gasteiger partial charge in [-0.15, -0.1) is 0 Å². The van der Waals surface area contributed by atoms with Crippen molar-refractivity contribution in [2.45, 2.75) is 6.10 Å². The molecule has 1 rings (SSSR count). The first-order chi connectivity index (χ1) is 8.61. The largest absolute Gasteiger partial charge is 0.492 e. The van der Waals surface area contributed by atoms with Gasteiger partial charge >= 0.3 is 0 Å². The van der Waals surface area contributed by atoms with Crippen molar-refractivity contribution in [1.29, 1.82) is 0 Å². The minimum Gasteiger partial charge on any atom is -0.492 e. The molecule has 0 saturated heterocycles. The van der Waals surface area contributed by atoms with E-state index in [4.69, 9.17) is 15.2 Å². The van der Waals surface area contributed by atoms with E-state index in [0.29, 0.717) is 19.8 Å². The zero-order valence-electron chi connectivity index (χ0n) is 11.0. The highest BCUT2D eigenvalue weighted by Gasteiger charge is 2.07. The number of nitrogen functional groups attached to an aromatic ring is 1. The zero-order valence-corrected chi connectivity index (χ0v) is 11.0. The number of ether oxygens (including phenoxy) is 2. The van der Waals surface area contributed by atoms with Gasteiger partial charge in [0.05, 0.1) is 12.7 Å². The summed E-state index contributed by atoms with van der Waals surface area (Å²) in [6.07, 6.45) is -0.462. The number of hydrogen-bond donors (Lipinski definition) is 2. The lowest BCUT2D eigenvalue weighted by molar-refractivity contribution is 0.0410. The topological polar surface area (TPSA) is 68.0 Å². The van der Waals surface area contributed by atoms with Crippen LogP contribution >= 0.6 is 0 Å². The van der Waals surface area contributed by atoms with Crippen LogP contribution in [0.2, 0.25) is 0 Å². The number of anilines is 1. The lowest BCUT2D eigenvalue weighted by Crippen LogP contribution is -2.34. The summed E-state index contributed by atoms with van der Waals surface area (Å²) in [4.78, 5) is 2.00. The summed E-state index contributed by atoms with van der Waals surface area (Å²) in [6, 6.07) is 7.30. The maximum atomic E-state index is 9.55. The number of aliphatic hydroxyl groups is 1. The Morgan fingerprint density at radius 3 is 2.61 bits per heavy atom. The molecule has 0 aliphatic rings. The van der Waals surface area contributed by atoms with Crippen molar-refractivity contribution >= 4 is 5.69 Å². The number of rotatable bonds is 8. The highest BCUT2D eigenvalue weighted by molar-refractivity contribution is 5.41. The molecule has 102 valence electrons. The van der Waals surface area contributed by atoms with E-state index in [1.54, 1.807) is 19.2 Å². The molecule has 1 unspecified atom stereocenters. The number of nitrogens with zero attached hydrogens (tertiary/aromatic N) is 1. The van der Waals surface area contributed by atoms with E-state index >= 15 is 0 Å². The Morgan fingerprint density at radius 1 is 1.33 bits per heavy atom. The average Bonchev–Trinajstić information content (AvgIpc) is 2.32. The van der Waals surface area contributed by atoms with E-state index in [1.165, 1.54) is 0 Å². The first-order valence-corrected chi connectivity index (χ1v) is 5.95. The van der Waals surface area contributed by atoms with E-state index < -0.39 is 6.10 Å². The number of hydrogen-bond acceptors (Lipinski definition) is 5. The Bertz CT molecular complexity index is 330. The van der Waals surface area contributed by atoms with E-state index in [1.807, 2.05) is 24.1 Å². The SMILES string of the molecule is COCC(O)CN(C)CCOc1ccc(N)cc1. The van der Waals surface area contributed by atoms with Crippen molar-refractivity contribution in [2.24, 2.45) is 0 Å². The molecular weight excluding hydrogens is 232 g/mol. The van der Waals surface area contributed by atoms with Gasteiger partial charge in [0.25, 0.3) is 0 Å². The van der Waals surface area contributed by atoms with Crippen molar-refractivity contribution in [3.63, 3.8) is 0 Å². The summed E-state index contributed by atoms with van der Waals surface area (Å²) >= 11 is 0. The molecule has 5 heteroatoms. The lowest BCUT2D eigenvalue weighted by Gasteiger charge is -2.20. The van der Waals surface area contributed by atoms with Crippen LogP contribution in [0.5, 0.6) is 5.75 Å². The number of methoxy groups -OCH3 is 1. The molecule has 0 heterocycles. The number of benzene rings is 1. The van der Waals surface area contributed by atoms with Crippen molar-refractivity contribution < 1.29 is 14.6 Å². The Balaban J connectivity index is 2.18. The third-order valence-electron chi connectivity index (χ3n) is 2.50. The first kappa shape index (κ1) is 14.8. The van der Waals surface area contributed by atoms with E-state index in [0.717, 1.165) is 18.0 Å². The minimum atomic E-state index is -0.462. The lowest BCUT2D eigenvalue weighted by atomic mass is 10.3. The Labute approximate surface area is 108 Å². The van der Waals surface area contributed by atoms with Crippen molar-refractivity contribution in [3.05, 3.63) is 24.3 Å². The van der Waals surface area contributed by atoms with Gasteiger partial charge in [-0.25, -0.2) is 0 Å². The highest BCUT2D eigenvalue weighted by Crippen LogP contribution is 2.12. The van der Waals surface area contributed by atoms with E-state index in [2.05, 4.69) is 0 Å². The fraction of sp³-hybridized carbons (Fsp3) is 0.538. The summed E-state index contributed by atoms with van der Waals surface area (Å²) in [5.74, 6) is 0.801. The van der Waals surface area contributed by atoms with E-state index in [9.17, 15) is 5.11 Å². The van der Waals surface area contributed by atoms with Crippen LogP contribution < -0.4 is 10.5 Å². The van der Waals surface area contributed by atoms with Crippen LogP contribution in [0.15, 0.2) is 24.3 Å². The molecule has 0 radical (unpaired) electrons. The monoisotopic (exact) mass is 254 g/mol. The van der Waals surface area contributed by atoms with Crippen LogP contribution in [0.25, 0.3) is 0 Å². The maximum Gasteiger partial charge on any atom is 0.119 e. The summed E-state index contributed by atoms with van der Waals surface area (Å²) < 4.78 is 10.4. The Morgan fingerprint density at radius 2 is 2.00 bits per heavy atom. The second-order valence-corrected chi connectivity index (χ2v) is 4.29. The molecule has 0 fully saturated rings. The summed E-state index contributed by atoms with van der Waals surface area (Å²) in [6.45, 7) is 2.23. The van der Waals surface area contributed by atoms with Gasteiger partial charge in [-0.05, 0) is 31.3 Å². The molecule has 1 aromatic rings. The quantitative estimate of drug-likeness (QED) is 0.664. The van der Waals surface area contributed by atoms with Gasteiger partial charge in [-0.2, -0.15) is 0 Å². The van der Waals surface area contributed by atoms with Gasteiger partial charge in [0.2, 0.25) is 0 Å². The molecule has 0 aliphatic carbocycles. The third kappa shape index (κ3) is 5.86. The second kappa shape index (κ2) is 7.92. The number of nitrogens with two attached hydrogens (primary N) is 1. The fourth-order valence-electron chi connectivity index (χ4n) is 1.58. The minimum absolute atomic E-state index is 0.350.